The van der Waals surface area contributed by atoms with Gasteiger partial charge in [0.25, 0.3) is 0 Å². The fourth-order valence-corrected chi connectivity index (χ4v) is 1.85. The molecule has 2 aromatic rings. The lowest BCUT2D eigenvalue weighted by molar-refractivity contribution is -0.118. The molecule has 0 spiro atoms. The minimum absolute atomic E-state index is 0.0887. The van der Waals surface area contributed by atoms with Crippen LogP contribution in [0.4, 0.5) is 17.2 Å². The predicted octanol–water partition coefficient (Wildman–Crippen LogP) is 3.21. The third kappa shape index (κ3) is 4.29. The van der Waals surface area contributed by atoms with Gasteiger partial charge in [-0.05, 0) is 24.3 Å². The number of aromatic nitrogens is 1. The molecule has 0 aliphatic heterocycles. The van der Waals surface area contributed by atoms with Gasteiger partial charge in [0.1, 0.15) is 5.82 Å². The van der Waals surface area contributed by atoms with Gasteiger partial charge in [0, 0.05) is 5.92 Å². The van der Waals surface area contributed by atoms with Gasteiger partial charge in [-0.2, -0.15) is 0 Å². The van der Waals surface area contributed by atoms with Crippen LogP contribution in [0.3, 0.4) is 0 Å². The zero-order valence-electron chi connectivity index (χ0n) is 13.3. The van der Waals surface area contributed by atoms with Crippen molar-refractivity contribution in [2.75, 3.05) is 17.7 Å². The van der Waals surface area contributed by atoms with Gasteiger partial charge >= 0.3 is 5.97 Å². The van der Waals surface area contributed by atoms with Gasteiger partial charge in [-0.25, -0.2) is 9.78 Å². The number of esters is 1. The van der Waals surface area contributed by atoms with Gasteiger partial charge in [-0.3, -0.25) is 4.79 Å². The number of para-hydroxylation sites is 1. The monoisotopic (exact) mass is 313 g/mol. The summed E-state index contributed by atoms with van der Waals surface area (Å²) in [5.41, 5.74) is 1.76. The van der Waals surface area contributed by atoms with Gasteiger partial charge < -0.3 is 15.4 Å². The SMILES string of the molecule is COC(=O)c1ccccc1Nc1ccc(NC(=O)C(C)C)nc1. The van der Waals surface area contributed by atoms with Gasteiger partial charge in [-0.1, -0.05) is 26.0 Å². The smallest absolute Gasteiger partial charge is 0.339 e. The maximum absolute atomic E-state index is 11.7. The van der Waals surface area contributed by atoms with E-state index < -0.39 is 5.97 Å². The van der Waals surface area contributed by atoms with E-state index in [4.69, 9.17) is 4.74 Å². The molecule has 0 aliphatic rings. The van der Waals surface area contributed by atoms with Crippen LogP contribution in [0.2, 0.25) is 0 Å². The van der Waals surface area contributed by atoms with Crippen LogP contribution < -0.4 is 10.6 Å². The molecule has 0 saturated carbocycles. The van der Waals surface area contributed by atoms with E-state index in [9.17, 15) is 9.59 Å². The Kier molecular flexibility index (Phi) is 5.30. The number of carbonyl (C=O) groups excluding carboxylic acids is 2. The molecule has 2 rings (SSSR count). The zero-order valence-corrected chi connectivity index (χ0v) is 13.3. The molecule has 0 aliphatic carbocycles. The maximum atomic E-state index is 11.7. The summed E-state index contributed by atoms with van der Waals surface area (Å²) < 4.78 is 4.76. The molecule has 0 fully saturated rings. The number of nitrogens with one attached hydrogen (secondary N) is 2. The van der Waals surface area contributed by atoms with Crippen LogP contribution in [0.25, 0.3) is 0 Å². The average molecular weight is 313 g/mol. The molecule has 0 unspecified atom stereocenters. The molecule has 0 saturated heterocycles. The highest BCUT2D eigenvalue weighted by Crippen LogP contribution is 2.21. The Hall–Kier alpha value is -2.89. The molecule has 0 atom stereocenters. The van der Waals surface area contributed by atoms with Crippen LogP contribution in [0, 0.1) is 5.92 Å². The van der Waals surface area contributed by atoms with Crippen molar-refractivity contribution in [3.63, 3.8) is 0 Å². The van der Waals surface area contributed by atoms with Gasteiger partial charge in [0.15, 0.2) is 0 Å². The van der Waals surface area contributed by atoms with Crippen LogP contribution in [-0.4, -0.2) is 24.0 Å². The number of ether oxygens (including phenoxy) is 1. The number of carbonyl (C=O) groups is 2. The Morgan fingerprint density at radius 1 is 1.13 bits per heavy atom. The minimum Gasteiger partial charge on any atom is -0.465 e. The van der Waals surface area contributed by atoms with Crippen molar-refractivity contribution in [2.45, 2.75) is 13.8 Å². The number of rotatable bonds is 5. The molecule has 2 N–H and O–H groups in total. The highest BCUT2D eigenvalue weighted by Gasteiger charge is 2.11. The van der Waals surface area contributed by atoms with E-state index in [1.807, 2.05) is 19.9 Å². The first kappa shape index (κ1) is 16.5. The van der Waals surface area contributed by atoms with E-state index >= 15 is 0 Å². The van der Waals surface area contributed by atoms with E-state index in [1.165, 1.54) is 7.11 Å². The average Bonchev–Trinajstić information content (AvgIpc) is 2.56. The Balaban J connectivity index is 2.13. The summed E-state index contributed by atoms with van der Waals surface area (Å²) in [4.78, 5) is 27.5. The summed E-state index contributed by atoms with van der Waals surface area (Å²) in [5, 5.41) is 5.83. The van der Waals surface area contributed by atoms with Crippen molar-refractivity contribution in [3.8, 4) is 0 Å². The lowest BCUT2D eigenvalue weighted by Gasteiger charge is -2.11. The topological polar surface area (TPSA) is 80.3 Å². The molecule has 1 aromatic carbocycles. The molecule has 6 nitrogen and oxygen atoms in total. The van der Waals surface area contributed by atoms with E-state index in [0.29, 0.717) is 22.8 Å². The zero-order chi connectivity index (χ0) is 16.8. The quantitative estimate of drug-likeness (QED) is 0.829. The van der Waals surface area contributed by atoms with Crippen LogP contribution in [0.15, 0.2) is 42.6 Å². The second-order valence-corrected chi connectivity index (χ2v) is 5.24. The van der Waals surface area contributed by atoms with E-state index in [-0.39, 0.29) is 11.8 Å². The number of pyridine rings is 1. The van der Waals surface area contributed by atoms with Crippen molar-refractivity contribution in [1.82, 2.24) is 4.98 Å². The molecule has 1 amide bonds. The van der Waals surface area contributed by atoms with Crippen LogP contribution in [0.5, 0.6) is 0 Å². The van der Waals surface area contributed by atoms with Gasteiger partial charge in [-0.15, -0.1) is 0 Å². The van der Waals surface area contributed by atoms with E-state index in [1.54, 1.807) is 36.5 Å². The Morgan fingerprint density at radius 2 is 1.87 bits per heavy atom. The molecule has 6 heteroatoms. The predicted molar refractivity (Wildman–Crippen MR) is 88.8 cm³/mol. The first-order chi connectivity index (χ1) is 11.0. The fraction of sp³-hybridized carbons (Fsp3) is 0.235. The Bertz CT molecular complexity index is 696. The number of anilines is 3. The highest BCUT2D eigenvalue weighted by atomic mass is 16.5. The van der Waals surface area contributed by atoms with Crippen molar-refractivity contribution < 1.29 is 14.3 Å². The second-order valence-electron chi connectivity index (χ2n) is 5.24. The molecule has 1 heterocycles. The van der Waals surface area contributed by atoms with Crippen molar-refractivity contribution in [2.24, 2.45) is 5.92 Å². The molecule has 0 radical (unpaired) electrons. The molecule has 23 heavy (non-hydrogen) atoms. The Labute approximate surface area is 134 Å². The standard InChI is InChI=1S/C17H19N3O3/c1-11(2)16(21)20-15-9-8-12(10-18-15)19-14-7-5-4-6-13(14)17(22)23-3/h4-11,19H,1-3H3,(H,18,20,21). The summed E-state index contributed by atoms with van der Waals surface area (Å²) in [6.45, 7) is 3.63. The summed E-state index contributed by atoms with van der Waals surface area (Å²) >= 11 is 0. The highest BCUT2D eigenvalue weighted by molar-refractivity contribution is 5.96. The lowest BCUT2D eigenvalue weighted by atomic mass is 10.1. The van der Waals surface area contributed by atoms with Crippen LogP contribution in [-0.2, 0) is 9.53 Å². The number of hydrogen-bond donors (Lipinski definition) is 2. The van der Waals surface area contributed by atoms with Gasteiger partial charge in [0.2, 0.25) is 5.91 Å². The first-order valence-corrected chi connectivity index (χ1v) is 7.22. The molecule has 1 aromatic heterocycles. The largest absolute Gasteiger partial charge is 0.465 e. The Morgan fingerprint density at radius 3 is 2.48 bits per heavy atom. The number of amides is 1. The van der Waals surface area contributed by atoms with Gasteiger partial charge in [0.05, 0.1) is 30.2 Å². The summed E-state index contributed by atoms with van der Waals surface area (Å²) in [6.07, 6.45) is 1.59. The van der Waals surface area contributed by atoms with Crippen LogP contribution in [0.1, 0.15) is 24.2 Å². The van der Waals surface area contributed by atoms with Crippen LogP contribution >= 0.6 is 0 Å². The minimum atomic E-state index is -0.415. The number of benzene rings is 1. The third-order valence-corrected chi connectivity index (χ3v) is 3.15. The number of hydrogen-bond acceptors (Lipinski definition) is 5. The summed E-state index contributed by atoms with van der Waals surface area (Å²) in [5.74, 6) is -0.131. The van der Waals surface area contributed by atoms with E-state index in [0.717, 1.165) is 0 Å². The number of methoxy groups -OCH3 is 1. The second kappa shape index (κ2) is 7.40. The van der Waals surface area contributed by atoms with Crippen molar-refractivity contribution >= 4 is 29.1 Å². The maximum Gasteiger partial charge on any atom is 0.339 e. The summed E-state index contributed by atoms with van der Waals surface area (Å²) in [7, 11) is 1.34. The van der Waals surface area contributed by atoms with Crippen molar-refractivity contribution in [1.29, 1.82) is 0 Å². The lowest BCUT2D eigenvalue weighted by Crippen LogP contribution is -2.18. The molecular formula is C17H19N3O3. The molecule has 120 valence electrons. The third-order valence-electron chi connectivity index (χ3n) is 3.15. The normalized spacial score (nSPS) is 10.3. The summed E-state index contributed by atoms with van der Waals surface area (Å²) in [6, 6.07) is 10.5. The first-order valence-electron chi connectivity index (χ1n) is 7.22. The molecular weight excluding hydrogens is 294 g/mol. The van der Waals surface area contributed by atoms with Crippen molar-refractivity contribution in [3.05, 3.63) is 48.2 Å². The molecule has 0 bridgehead atoms. The fourth-order valence-electron chi connectivity index (χ4n) is 1.85. The number of nitrogens with zero attached hydrogens (tertiary/aromatic N) is 1. The van der Waals surface area contributed by atoms with E-state index in [2.05, 4.69) is 15.6 Å².